The van der Waals surface area contributed by atoms with E-state index in [0.29, 0.717) is 5.82 Å². The van der Waals surface area contributed by atoms with Crippen molar-refractivity contribution in [3.05, 3.63) is 47.7 Å². The van der Waals surface area contributed by atoms with Gasteiger partial charge in [-0.3, -0.25) is 4.72 Å². The highest BCUT2D eigenvalue weighted by atomic mass is 32.2. The molecule has 0 bridgehead atoms. The molecular formula is C15H17N3O2S. The zero-order chi connectivity index (χ0) is 14.9. The van der Waals surface area contributed by atoms with Crippen molar-refractivity contribution >= 4 is 21.5 Å². The largest absolute Gasteiger partial charge is 0.385 e. The molecule has 3 rings (SSSR count). The molecule has 110 valence electrons. The molecular weight excluding hydrogens is 286 g/mol. The molecule has 6 heteroatoms. The maximum absolute atomic E-state index is 12.4. The fourth-order valence-electron chi connectivity index (χ4n) is 2.41. The van der Waals surface area contributed by atoms with E-state index in [9.17, 15) is 8.42 Å². The van der Waals surface area contributed by atoms with Crippen LogP contribution in [0.15, 0.2) is 41.4 Å². The Bertz CT molecular complexity index is 772. The third-order valence-electron chi connectivity index (χ3n) is 3.48. The molecule has 21 heavy (non-hydrogen) atoms. The lowest BCUT2D eigenvalue weighted by molar-refractivity contribution is 0.601. The van der Waals surface area contributed by atoms with Gasteiger partial charge in [-0.1, -0.05) is 0 Å². The SMILES string of the molecule is Cc1ccnc(NS(=O)(=O)c2ccc3c(c2)CCCN3)c1. The fourth-order valence-corrected chi connectivity index (χ4v) is 3.46. The van der Waals surface area contributed by atoms with Crippen molar-refractivity contribution in [2.75, 3.05) is 16.6 Å². The first-order chi connectivity index (χ1) is 10.0. The Morgan fingerprint density at radius 2 is 2.10 bits per heavy atom. The third-order valence-corrected chi connectivity index (χ3v) is 4.83. The summed E-state index contributed by atoms with van der Waals surface area (Å²) in [6.07, 6.45) is 3.50. The standard InChI is InChI=1S/C15H17N3O2S/c1-11-6-8-17-15(9-11)18-21(19,20)13-4-5-14-12(10-13)3-2-7-16-14/h4-6,8-10,16H,2-3,7H2,1H3,(H,17,18). The van der Waals surface area contributed by atoms with Crippen LogP contribution in [-0.2, 0) is 16.4 Å². The molecule has 0 atom stereocenters. The highest BCUT2D eigenvalue weighted by Crippen LogP contribution is 2.25. The van der Waals surface area contributed by atoms with Gasteiger partial charge in [0.05, 0.1) is 4.90 Å². The van der Waals surface area contributed by atoms with Crippen LogP contribution in [0.25, 0.3) is 0 Å². The summed E-state index contributed by atoms with van der Waals surface area (Å²) in [6, 6.07) is 8.71. The Balaban J connectivity index is 1.91. The molecule has 0 saturated carbocycles. The van der Waals surface area contributed by atoms with Crippen LogP contribution in [0, 0.1) is 6.92 Å². The average molecular weight is 303 g/mol. The maximum Gasteiger partial charge on any atom is 0.263 e. The first-order valence-electron chi connectivity index (χ1n) is 6.87. The van der Waals surface area contributed by atoms with E-state index in [2.05, 4.69) is 15.0 Å². The van der Waals surface area contributed by atoms with Gasteiger partial charge in [-0.05, 0) is 61.2 Å². The average Bonchev–Trinajstić information content (AvgIpc) is 2.46. The summed E-state index contributed by atoms with van der Waals surface area (Å²) in [7, 11) is -3.60. The molecule has 0 amide bonds. The van der Waals surface area contributed by atoms with E-state index >= 15 is 0 Å². The lowest BCUT2D eigenvalue weighted by atomic mass is 10.0. The number of rotatable bonds is 3. The number of sulfonamides is 1. The first kappa shape index (κ1) is 13.9. The van der Waals surface area contributed by atoms with E-state index < -0.39 is 10.0 Å². The van der Waals surface area contributed by atoms with Crippen LogP contribution in [0.3, 0.4) is 0 Å². The molecule has 0 spiro atoms. The molecule has 0 unspecified atom stereocenters. The summed E-state index contributed by atoms with van der Waals surface area (Å²) in [5.41, 5.74) is 3.02. The number of nitrogens with zero attached hydrogens (tertiary/aromatic N) is 1. The van der Waals surface area contributed by atoms with E-state index in [0.717, 1.165) is 36.2 Å². The van der Waals surface area contributed by atoms with Crippen molar-refractivity contribution < 1.29 is 8.42 Å². The van der Waals surface area contributed by atoms with Gasteiger partial charge in [-0.2, -0.15) is 0 Å². The molecule has 1 aliphatic heterocycles. The number of nitrogens with one attached hydrogen (secondary N) is 2. The minimum atomic E-state index is -3.60. The van der Waals surface area contributed by atoms with Gasteiger partial charge in [-0.25, -0.2) is 13.4 Å². The second-order valence-electron chi connectivity index (χ2n) is 5.17. The van der Waals surface area contributed by atoms with Crippen molar-refractivity contribution in [1.82, 2.24) is 4.98 Å². The third kappa shape index (κ3) is 3.00. The summed E-state index contributed by atoms with van der Waals surface area (Å²) < 4.78 is 27.4. The van der Waals surface area contributed by atoms with Crippen LogP contribution < -0.4 is 10.0 Å². The topological polar surface area (TPSA) is 71.1 Å². The smallest absolute Gasteiger partial charge is 0.263 e. The van der Waals surface area contributed by atoms with Crippen LogP contribution in [0.1, 0.15) is 17.5 Å². The van der Waals surface area contributed by atoms with Gasteiger partial charge in [-0.15, -0.1) is 0 Å². The normalized spacial score (nSPS) is 14.1. The molecule has 5 nitrogen and oxygen atoms in total. The van der Waals surface area contributed by atoms with Gasteiger partial charge in [0.25, 0.3) is 10.0 Å². The minimum Gasteiger partial charge on any atom is -0.385 e. The molecule has 0 fully saturated rings. The fraction of sp³-hybridized carbons (Fsp3) is 0.267. The summed E-state index contributed by atoms with van der Waals surface area (Å²) in [5.74, 6) is 0.339. The van der Waals surface area contributed by atoms with Gasteiger partial charge in [0.2, 0.25) is 0 Å². The Labute approximate surface area is 124 Å². The van der Waals surface area contributed by atoms with Gasteiger partial charge in [0.1, 0.15) is 5.82 Å². The second-order valence-corrected chi connectivity index (χ2v) is 6.86. The number of benzene rings is 1. The highest BCUT2D eigenvalue weighted by Gasteiger charge is 2.18. The zero-order valence-corrected chi connectivity index (χ0v) is 12.6. The predicted molar refractivity (Wildman–Crippen MR) is 83.0 cm³/mol. The Morgan fingerprint density at radius 3 is 2.90 bits per heavy atom. The van der Waals surface area contributed by atoms with Crippen molar-refractivity contribution in [2.45, 2.75) is 24.7 Å². The molecule has 0 saturated heterocycles. The second kappa shape index (κ2) is 5.37. The molecule has 1 aliphatic rings. The number of fused-ring (bicyclic) bond motifs is 1. The minimum absolute atomic E-state index is 0.272. The lowest BCUT2D eigenvalue weighted by Crippen LogP contribution is -2.16. The van der Waals surface area contributed by atoms with Crippen molar-refractivity contribution in [1.29, 1.82) is 0 Å². The van der Waals surface area contributed by atoms with E-state index in [1.807, 2.05) is 19.1 Å². The monoisotopic (exact) mass is 303 g/mol. The molecule has 2 aromatic rings. The Hall–Kier alpha value is -2.08. The quantitative estimate of drug-likeness (QED) is 0.914. The number of anilines is 2. The highest BCUT2D eigenvalue weighted by molar-refractivity contribution is 7.92. The van der Waals surface area contributed by atoms with Crippen LogP contribution in [-0.4, -0.2) is 19.9 Å². The number of aromatic nitrogens is 1. The van der Waals surface area contributed by atoms with Gasteiger partial charge < -0.3 is 5.32 Å². The summed E-state index contributed by atoms with van der Waals surface area (Å²) in [4.78, 5) is 4.31. The lowest BCUT2D eigenvalue weighted by Gasteiger charge is -2.18. The van der Waals surface area contributed by atoms with Crippen molar-refractivity contribution in [2.24, 2.45) is 0 Å². The number of pyridine rings is 1. The molecule has 1 aromatic heterocycles. The zero-order valence-electron chi connectivity index (χ0n) is 11.8. The van der Waals surface area contributed by atoms with Crippen LogP contribution in [0.4, 0.5) is 11.5 Å². The van der Waals surface area contributed by atoms with Gasteiger partial charge >= 0.3 is 0 Å². The van der Waals surface area contributed by atoms with E-state index in [1.165, 1.54) is 0 Å². The predicted octanol–water partition coefficient (Wildman–Crippen LogP) is 2.55. The number of aryl methyl sites for hydroxylation is 2. The maximum atomic E-state index is 12.4. The van der Waals surface area contributed by atoms with Crippen LogP contribution in [0.2, 0.25) is 0 Å². The Morgan fingerprint density at radius 1 is 1.24 bits per heavy atom. The van der Waals surface area contributed by atoms with Gasteiger partial charge in [0.15, 0.2) is 0 Å². The van der Waals surface area contributed by atoms with E-state index in [-0.39, 0.29) is 4.90 Å². The summed E-state index contributed by atoms with van der Waals surface area (Å²) in [6.45, 7) is 2.83. The Kier molecular flexibility index (Phi) is 3.55. The van der Waals surface area contributed by atoms with Crippen LogP contribution in [0.5, 0.6) is 0 Å². The summed E-state index contributed by atoms with van der Waals surface area (Å²) in [5, 5.41) is 3.27. The first-order valence-corrected chi connectivity index (χ1v) is 8.35. The number of hydrogen-bond donors (Lipinski definition) is 2. The van der Waals surface area contributed by atoms with Crippen molar-refractivity contribution in [3.63, 3.8) is 0 Å². The molecule has 2 heterocycles. The van der Waals surface area contributed by atoms with Gasteiger partial charge in [0, 0.05) is 18.4 Å². The van der Waals surface area contributed by atoms with Crippen molar-refractivity contribution in [3.8, 4) is 0 Å². The molecule has 0 radical (unpaired) electrons. The van der Waals surface area contributed by atoms with E-state index in [4.69, 9.17) is 0 Å². The molecule has 2 N–H and O–H groups in total. The van der Waals surface area contributed by atoms with E-state index in [1.54, 1.807) is 24.4 Å². The summed E-state index contributed by atoms with van der Waals surface area (Å²) >= 11 is 0. The van der Waals surface area contributed by atoms with Crippen LogP contribution >= 0.6 is 0 Å². The molecule has 1 aromatic carbocycles. The molecule has 0 aliphatic carbocycles. The number of hydrogen-bond acceptors (Lipinski definition) is 4.